The van der Waals surface area contributed by atoms with Gasteiger partial charge in [-0.25, -0.2) is 0 Å². The third kappa shape index (κ3) is 5.77. The third-order valence-electron chi connectivity index (χ3n) is 5.44. The van der Waals surface area contributed by atoms with Crippen molar-refractivity contribution in [3.05, 3.63) is 58.7 Å². The average Bonchev–Trinajstić information content (AvgIpc) is 2.63. The molecule has 0 unspecified atom stereocenters. The van der Waals surface area contributed by atoms with E-state index in [0.717, 1.165) is 37.2 Å². The van der Waals surface area contributed by atoms with Gasteiger partial charge in [0.15, 0.2) is 0 Å². The van der Waals surface area contributed by atoms with Crippen LogP contribution in [-0.4, -0.2) is 14.2 Å². The van der Waals surface area contributed by atoms with Crippen LogP contribution in [0, 0.1) is 0 Å². The molecule has 2 aromatic rings. The van der Waals surface area contributed by atoms with E-state index in [1.165, 1.54) is 22.3 Å². The molecule has 2 aromatic carbocycles. The van der Waals surface area contributed by atoms with E-state index in [1.54, 1.807) is 14.2 Å². The van der Waals surface area contributed by atoms with Crippen LogP contribution in [0.4, 0.5) is 0 Å². The SMILES string of the molecule is COc1ccc(C(C)(C)C)cc1CCCCc1cc(C(C)(C)C)ccc1OC. The maximum absolute atomic E-state index is 5.60. The Hall–Kier alpha value is -1.96. The summed E-state index contributed by atoms with van der Waals surface area (Å²) in [5, 5.41) is 0. The van der Waals surface area contributed by atoms with E-state index in [1.807, 2.05) is 0 Å². The van der Waals surface area contributed by atoms with Crippen molar-refractivity contribution >= 4 is 0 Å². The second kappa shape index (κ2) is 9.03. The summed E-state index contributed by atoms with van der Waals surface area (Å²) < 4.78 is 11.2. The Bertz CT molecular complexity index is 708. The predicted molar refractivity (Wildman–Crippen MR) is 120 cm³/mol. The Morgan fingerprint density at radius 3 is 1.25 bits per heavy atom. The van der Waals surface area contributed by atoms with Crippen LogP contribution in [0.15, 0.2) is 36.4 Å². The lowest BCUT2D eigenvalue weighted by atomic mass is 9.85. The molecule has 2 rings (SSSR count). The van der Waals surface area contributed by atoms with Gasteiger partial charge in [-0.1, -0.05) is 65.8 Å². The van der Waals surface area contributed by atoms with Gasteiger partial charge in [0.25, 0.3) is 0 Å². The van der Waals surface area contributed by atoms with Crippen molar-refractivity contribution in [2.24, 2.45) is 0 Å². The molecule has 0 N–H and O–H groups in total. The first-order chi connectivity index (χ1) is 13.1. The summed E-state index contributed by atoms with van der Waals surface area (Å²) in [7, 11) is 3.52. The minimum atomic E-state index is 0.155. The number of rotatable bonds is 7. The maximum Gasteiger partial charge on any atom is 0.122 e. The molecule has 0 atom stereocenters. The van der Waals surface area contributed by atoms with Crippen molar-refractivity contribution in [3.63, 3.8) is 0 Å². The fourth-order valence-electron chi connectivity index (χ4n) is 3.51. The van der Waals surface area contributed by atoms with E-state index in [9.17, 15) is 0 Å². The fraction of sp³-hybridized carbons (Fsp3) is 0.538. The van der Waals surface area contributed by atoms with Gasteiger partial charge in [0.05, 0.1) is 14.2 Å². The third-order valence-corrected chi connectivity index (χ3v) is 5.44. The zero-order chi connectivity index (χ0) is 20.9. The monoisotopic (exact) mass is 382 g/mol. The van der Waals surface area contributed by atoms with E-state index in [2.05, 4.69) is 77.9 Å². The van der Waals surface area contributed by atoms with Gasteiger partial charge in [-0.05, 0) is 70.9 Å². The molecule has 0 saturated heterocycles. The van der Waals surface area contributed by atoms with Crippen LogP contribution in [0.3, 0.4) is 0 Å². The molecule has 0 saturated carbocycles. The van der Waals surface area contributed by atoms with E-state index in [0.29, 0.717) is 0 Å². The topological polar surface area (TPSA) is 18.5 Å². The molecule has 0 fully saturated rings. The number of aryl methyl sites for hydroxylation is 2. The Kier molecular flexibility index (Phi) is 7.20. The highest BCUT2D eigenvalue weighted by Gasteiger charge is 2.17. The molecule has 2 heteroatoms. The second-order valence-corrected chi connectivity index (χ2v) is 9.76. The lowest BCUT2D eigenvalue weighted by Gasteiger charge is -2.21. The van der Waals surface area contributed by atoms with Crippen LogP contribution < -0.4 is 9.47 Å². The van der Waals surface area contributed by atoms with E-state index in [4.69, 9.17) is 9.47 Å². The average molecular weight is 383 g/mol. The first-order valence-electron chi connectivity index (χ1n) is 10.4. The molecule has 154 valence electrons. The molecule has 0 amide bonds. The lowest BCUT2D eigenvalue weighted by molar-refractivity contribution is 0.406. The van der Waals surface area contributed by atoms with Gasteiger partial charge in [-0.15, -0.1) is 0 Å². The molecule has 2 nitrogen and oxygen atoms in total. The fourth-order valence-corrected chi connectivity index (χ4v) is 3.51. The largest absolute Gasteiger partial charge is 0.496 e. The van der Waals surface area contributed by atoms with Crippen LogP contribution in [-0.2, 0) is 23.7 Å². The first kappa shape index (κ1) is 22.3. The quantitative estimate of drug-likeness (QED) is 0.487. The predicted octanol–water partition coefficient (Wildman–Crippen LogP) is 6.86. The highest BCUT2D eigenvalue weighted by molar-refractivity contribution is 5.41. The molecule has 0 radical (unpaired) electrons. The van der Waals surface area contributed by atoms with Crippen molar-refractivity contribution in [2.45, 2.75) is 78.1 Å². The molecule has 0 aromatic heterocycles. The summed E-state index contributed by atoms with van der Waals surface area (Å²) in [6.45, 7) is 13.5. The highest BCUT2D eigenvalue weighted by atomic mass is 16.5. The van der Waals surface area contributed by atoms with Crippen LogP contribution in [0.5, 0.6) is 11.5 Å². The molecule has 0 aliphatic rings. The summed E-state index contributed by atoms with van der Waals surface area (Å²) in [5.41, 5.74) is 5.66. The van der Waals surface area contributed by atoms with Gasteiger partial charge >= 0.3 is 0 Å². The van der Waals surface area contributed by atoms with Gasteiger partial charge in [-0.3, -0.25) is 0 Å². The van der Waals surface area contributed by atoms with Crippen LogP contribution in [0.25, 0.3) is 0 Å². The summed E-state index contributed by atoms with van der Waals surface area (Å²) in [6.07, 6.45) is 4.34. The number of unbranched alkanes of at least 4 members (excludes halogenated alkanes) is 1. The van der Waals surface area contributed by atoms with Crippen LogP contribution in [0.1, 0.15) is 76.6 Å². The molecule has 0 aliphatic carbocycles. The minimum absolute atomic E-state index is 0.155. The highest BCUT2D eigenvalue weighted by Crippen LogP contribution is 2.31. The normalized spacial score (nSPS) is 12.1. The zero-order valence-electron chi connectivity index (χ0n) is 19.1. The molecule has 0 aliphatic heterocycles. The van der Waals surface area contributed by atoms with E-state index < -0.39 is 0 Å². The Balaban J connectivity index is 2.07. The first-order valence-corrected chi connectivity index (χ1v) is 10.4. The van der Waals surface area contributed by atoms with E-state index in [-0.39, 0.29) is 10.8 Å². The Labute approximate surface area is 172 Å². The Morgan fingerprint density at radius 1 is 0.607 bits per heavy atom. The smallest absolute Gasteiger partial charge is 0.122 e. The standard InChI is InChI=1S/C26H38O2/c1-25(2,3)21-13-15-23(27-7)19(17-21)11-9-10-12-20-18-22(26(4,5)6)14-16-24(20)28-8/h13-18H,9-12H2,1-8H3. The van der Waals surface area contributed by atoms with Crippen molar-refractivity contribution in [2.75, 3.05) is 14.2 Å². The number of benzene rings is 2. The van der Waals surface area contributed by atoms with Gasteiger partial charge < -0.3 is 9.47 Å². The second-order valence-electron chi connectivity index (χ2n) is 9.76. The Morgan fingerprint density at radius 2 is 0.964 bits per heavy atom. The molecular formula is C26H38O2. The van der Waals surface area contributed by atoms with Gasteiger partial charge in [0, 0.05) is 0 Å². The van der Waals surface area contributed by atoms with Crippen LogP contribution in [0.2, 0.25) is 0 Å². The van der Waals surface area contributed by atoms with Gasteiger partial charge in [0.2, 0.25) is 0 Å². The van der Waals surface area contributed by atoms with Crippen molar-refractivity contribution in [3.8, 4) is 11.5 Å². The number of hydrogen-bond donors (Lipinski definition) is 0. The summed E-state index contributed by atoms with van der Waals surface area (Å²) in [6, 6.07) is 13.2. The minimum Gasteiger partial charge on any atom is -0.496 e. The zero-order valence-corrected chi connectivity index (χ0v) is 19.1. The van der Waals surface area contributed by atoms with Crippen molar-refractivity contribution < 1.29 is 9.47 Å². The number of hydrogen-bond acceptors (Lipinski definition) is 2. The summed E-state index contributed by atoms with van der Waals surface area (Å²) in [5.74, 6) is 2.00. The van der Waals surface area contributed by atoms with Gasteiger partial charge in [0.1, 0.15) is 11.5 Å². The summed E-state index contributed by atoms with van der Waals surface area (Å²) in [4.78, 5) is 0. The van der Waals surface area contributed by atoms with Crippen molar-refractivity contribution in [1.29, 1.82) is 0 Å². The number of ether oxygens (including phenoxy) is 2. The van der Waals surface area contributed by atoms with E-state index >= 15 is 0 Å². The molecule has 0 spiro atoms. The molecule has 28 heavy (non-hydrogen) atoms. The lowest BCUT2D eigenvalue weighted by Crippen LogP contribution is -2.12. The molecule has 0 bridgehead atoms. The van der Waals surface area contributed by atoms with Crippen molar-refractivity contribution in [1.82, 2.24) is 0 Å². The number of methoxy groups -OCH3 is 2. The maximum atomic E-state index is 5.60. The summed E-state index contributed by atoms with van der Waals surface area (Å²) >= 11 is 0. The molecular weight excluding hydrogens is 344 g/mol. The molecule has 0 heterocycles. The van der Waals surface area contributed by atoms with Gasteiger partial charge in [-0.2, -0.15) is 0 Å². The van der Waals surface area contributed by atoms with Crippen LogP contribution >= 0.6 is 0 Å².